The molecule has 0 aliphatic heterocycles. The molecule has 0 bridgehead atoms. The third-order valence-electron chi connectivity index (χ3n) is 3.47. The number of halogens is 2. The number of nitrogens with two attached hydrogens (primary N) is 1. The summed E-state index contributed by atoms with van der Waals surface area (Å²) in [5, 5.41) is 0. The molecule has 0 spiro atoms. The van der Waals surface area contributed by atoms with Gasteiger partial charge < -0.3 is 10.6 Å². The van der Waals surface area contributed by atoms with E-state index in [1.807, 2.05) is 13.1 Å². The van der Waals surface area contributed by atoms with Crippen molar-refractivity contribution in [3.8, 4) is 0 Å². The first kappa shape index (κ1) is 15.6. The lowest BCUT2D eigenvalue weighted by Crippen LogP contribution is -2.24. The first-order valence-electron chi connectivity index (χ1n) is 6.99. The van der Waals surface area contributed by atoms with Crippen LogP contribution in [0.5, 0.6) is 0 Å². The van der Waals surface area contributed by atoms with Crippen LogP contribution < -0.4 is 5.73 Å². The molecule has 0 aromatic heterocycles. The molecule has 2 N–H and O–H groups in total. The average Bonchev–Trinajstić information content (AvgIpc) is 2.45. The summed E-state index contributed by atoms with van der Waals surface area (Å²) >= 11 is 0. The highest BCUT2D eigenvalue weighted by atomic mass is 19.1. The third kappa shape index (κ3) is 4.62. The molecular weight excluding hydrogens is 270 g/mol. The molecule has 0 saturated carbocycles. The van der Waals surface area contributed by atoms with Crippen LogP contribution in [0.25, 0.3) is 0 Å². The molecular formula is C17H20F2N2. The molecule has 2 rings (SSSR count). The monoisotopic (exact) mass is 290 g/mol. The summed E-state index contributed by atoms with van der Waals surface area (Å²) in [4.78, 5) is 2.05. The van der Waals surface area contributed by atoms with Crippen molar-refractivity contribution in [1.82, 2.24) is 4.90 Å². The molecule has 0 saturated heterocycles. The first-order chi connectivity index (χ1) is 10.1. The van der Waals surface area contributed by atoms with E-state index in [0.717, 1.165) is 5.56 Å². The molecule has 1 atom stereocenters. The van der Waals surface area contributed by atoms with Crippen LogP contribution in [0.2, 0.25) is 0 Å². The van der Waals surface area contributed by atoms with Gasteiger partial charge in [-0.3, -0.25) is 0 Å². The van der Waals surface area contributed by atoms with Gasteiger partial charge in [0, 0.05) is 18.2 Å². The third-order valence-corrected chi connectivity index (χ3v) is 3.47. The second-order valence-electron chi connectivity index (χ2n) is 5.28. The molecule has 2 aromatic carbocycles. The van der Waals surface area contributed by atoms with Crippen LogP contribution >= 0.6 is 0 Å². The maximum atomic E-state index is 13.6. The van der Waals surface area contributed by atoms with Crippen LogP contribution in [0.3, 0.4) is 0 Å². The lowest BCUT2D eigenvalue weighted by molar-refractivity contribution is 0.310. The Labute approximate surface area is 124 Å². The molecule has 112 valence electrons. The predicted molar refractivity (Wildman–Crippen MR) is 80.7 cm³/mol. The lowest BCUT2D eigenvalue weighted by atomic mass is 10.0. The fourth-order valence-electron chi connectivity index (χ4n) is 2.32. The summed E-state index contributed by atoms with van der Waals surface area (Å²) in [7, 11) is 1.94. The summed E-state index contributed by atoms with van der Waals surface area (Å²) in [6.07, 6.45) is 0.646. The van der Waals surface area contributed by atoms with Crippen molar-refractivity contribution in [3.63, 3.8) is 0 Å². The fourth-order valence-corrected chi connectivity index (χ4v) is 2.32. The quantitative estimate of drug-likeness (QED) is 0.882. The molecule has 0 radical (unpaired) electrons. The van der Waals surface area contributed by atoms with Gasteiger partial charge in [0.25, 0.3) is 0 Å². The minimum Gasteiger partial charge on any atom is -0.324 e. The molecule has 2 nitrogen and oxygen atoms in total. The van der Waals surface area contributed by atoms with Crippen molar-refractivity contribution >= 4 is 0 Å². The Bertz CT molecular complexity index is 587. The van der Waals surface area contributed by atoms with Gasteiger partial charge in [0.15, 0.2) is 0 Å². The topological polar surface area (TPSA) is 29.3 Å². The second kappa shape index (κ2) is 7.29. The highest BCUT2D eigenvalue weighted by molar-refractivity contribution is 5.20. The highest BCUT2D eigenvalue weighted by Crippen LogP contribution is 2.18. The van der Waals surface area contributed by atoms with Crippen LogP contribution in [0, 0.1) is 11.6 Å². The van der Waals surface area contributed by atoms with Gasteiger partial charge in [0.05, 0.1) is 0 Å². The SMILES string of the molecule is CN(CCC(N)c1ccccc1F)Cc1cccc(F)c1. The van der Waals surface area contributed by atoms with Crippen LogP contribution in [0.15, 0.2) is 48.5 Å². The summed E-state index contributed by atoms with van der Waals surface area (Å²) in [5.74, 6) is -0.498. The van der Waals surface area contributed by atoms with Gasteiger partial charge in [-0.1, -0.05) is 30.3 Å². The van der Waals surface area contributed by atoms with E-state index in [1.165, 1.54) is 18.2 Å². The van der Waals surface area contributed by atoms with Crippen molar-refractivity contribution in [2.45, 2.75) is 19.0 Å². The summed E-state index contributed by atoms with van der Waals surface area (Å²) in [6.45, 7) is 1.35. The Hall–Kier alpha value is -1.78. The molecule has 0 heterocycles. The molecule has 0 aliphatic rings. The van der Waals surface area contributed by atoms with Crippen LogP contribution in [0.1, 0.15) is 23.6 Å². The maximum absolute atomic E-state index is 13.6. The highest BCUT2D eigenvalue weighted by Gasteiger charge is 2.11. The van der Waals surface area contributed by atoms with Gasteiger partial charge >= 0.3 is 0 Å². The van der Waals surface area contributed by atoms with Crippen molar-refractivity contribution < 1.29 is 8.78 Å². The van der Waals surface area contributed by atoms with Gasteiger partial charge in [0.1, 0.15) is 11.6 Å². The normalized spacial score (nSPS) is 12.6. The van der Waals surface area contributed by atoms with E-state index < -0.39 is 0 Å². The van der Waals surface area contributed by atoms with E-state index in [4.69, 9.17) is 5.73 Å². The van der Waals surface area contributed by atoms with E-state index in [0.29, 0.717) is 25.1 Å². The Morgan fingerprint density at radius 3 is 2.57 bits per heavy atom. The van der Waals surface area contributed by atoms with Crippen molar-refractivity contribution in [2.75, 3.05) is 13.6 Å². The van der Waals surface area contributed by atoms with Crippen LogP contribution in [-0.4, -0.2) is 18.5 Å². The second-order valence-corrected chi connectivity index (χ2v) is 5.28. The lowest BCUT2D eigenvalue weighted by Gasteiger charge is -2.20. The predicted octanol–water partition coefficient (Wildman–Crippen LogP) is 3.49. The zero-order chi connectivity index (χ0) is 15.2. The molecule has 21 heavy (non-hydrogen) atoms. The van der Waals surface area contributed by atoms with Crippen molar-refractivity contribution in [1.29, 1.82) is 0 Å². The largest absolute Gasteiger partial charge is 0.324 e. The van der Waals surface area contributed by atoms with Crippen LogP contribution in [0.4, 0.5) is 8.78 Å². The van der Waals surface area contributed by atoms with Gasteiger partial charge in [0.2, 0.25) is 0 Å². The van der Waals surface area contributed by atoms with Crippen molar-refractivity contribution in [3.05, 3.63) is 71.3 Å². The summed E-state index contributed by atoms with van der Waals surface area (Å²) in [5.41, 5.74) is 7.49. The Morgan fingerprint density at radius 2 is 1.86 bits per heavy atom. The number of hydrogen-bond donors (Lipinski definition) is 1. The maximum Gasteiger partial charge on any atom is 0.127 e. The smallest absolute Gasteiger partial charge is 0.127 e. The number of nitrogens with zero attached hydrogens (tertiary/aromatic N) is 1. The molecule has 0 amide bonds. The number of hydrogen-bond acceptors (Lipinski definition) is 2. The Kier molecular flexibility index (Phi) is 5.42. The molecule has 0 aliphatic carbocycles. The van der Waals surface area contributed by atoms with E-state index in [-0.39, 0.29) is 17.7 Å². The zero-order valence-corrected chi connectivity index (χ0v) is 12.1. The van der Waals surface area contributed by atoms with E-state index in [2.05, 4.69) is 4.90 Å². The molecule has 2 aromatic rings. The fraction of sp³-hybridized carbons (Fsp3) is 0.294. The van der Waals surface area contributed by atoms with Crippen molar-refractivity contribution in [2.24, 2.45) is 5.73 Å². The number of rotatable bonds is 6. The van der Waals surface area contributed by atoms with E-state index in [1.54, 1.807) is 24.3 Å². The van der Waals surface area contributed by atoms with Crippen LogP contribution in [-0.2, 0) is 6.54 Å². The molecule has 0 fully saturated rings. The minimum absolute atomic E-state index is 0.232. The summed E-state index contributed by atoms with van der Waals surface area (Å²) in [6, 6.07) is 12.8. The molecule has 1 unspecified atom stereocenters. The zero-order valence-electron chi connectivity index (χ0n) is 12.1. The first-order valence-corrected chi connectivity index (χ1v) is 6.99. The number of benzene rings is 2. The Balaban J connectivity index is 1.86. The standard InChI is InChI=1S/C17H20F2N2/c1-21(12-13-5-4-6-14(18)11-13)10-9-17(20)15-7-2-3-8-16(15)19/h2-8,11,17H,9-10,12,20H2,1H3. The Morgan fingerprint density at radius 1 is 1.10 bits per heavy atom. The van der Waals surface area contributed by atoms with E-state index in [9.17, 15) is 8.78 Å². The van der Waals surface area contributed by atoms with Gasteiger partial charge in [-0.2, -0.15) is 0 Å². The molecule has 4 heteroatoms. The van der Waals surface area contributed by atoms with Gasteiger partial charge in [-0.05, 0) is 43.8 Å². The minimum atomic E-state index is -0.332. The van der Waals surface area contributed by atoms with E-state index >= 15 is 0 Å². The van der Waals surface area contributed by atoms with Gasteiger partial charge in [-0.15, -0.1) is 0 Å². The average molecular weight is 290 g/mol. The summed E-state index contributed by atoms with van der Waals surface area (Å²) < 4.78 is 26.7. The van der Waals surface area contributed by atoms with Gasteiger partial charge in [-0.25, -0.2) is 8.78 Å².